The van der Waals surface area contributed by atoms with Crippen LogP contribution >= 0.6 is 0 Å². The molecule has 0 amide bonds. The Morgan fingerprint density at radius 3 is 1.66 bits per heavy atom. The molecule has 1 aromatic heterocycles. The van der Waals surface area contributed by atoms with Crippen molar-refractivity contribution in [3.63, 3.8) is 0 Å². The van der Waals surface area contributed by atoms with Gasteiger partial charge in [0.2, 0.25) is 0 Å². The Kier molecular flexibility index (Phi) is 7.33. The molecule has 0 aliphatic heterocycles. The molecule has 9 aromatic carbocycles. The number of hydrogen-bond donors (Lipinski definition) is 0. The van der Waals surface area contributed by atoms with E-state index in [9.17, 15) is 0 Å². The van der Waals surface area contributed by atoms with Crippen molar-refractivity contribution in [2.45, 2.75) is 12.3 Å². The highest BCUT2D eigenvalue weighted by molar-refractivity contribution is 6.07. The molecule has 2 nitrogen and oxygen atoms in total. The summed E-state index contributed by atoms with van der Waals surface area (Å²) in [6, 6.07) is 74.7. The summed E-state index contributed by atoms with van der Waals surface area (Å²) in [4.78, 5) is 2.35. The lowest BCUT2D eigenvalue weighted by Gasteiger charge is -2.31. The summed E-state index contributed by atoms with van der Waals surface area (Å²) < 4.78 is 6.54. The molecule has 0 unspecified atom stereocenters. The van der Waals surface area contributed by atoms with E-state index in [-0.39, 0.29) is 5.41 Å². The Balaban J connectivity index is 1.02. The second-order valence-corrected chi connectivity index (χ2v) is 15.0. The molecule has 10 aromatic rings. The molecule has 2 heteroatoms. The number of rotatable bonds is 6. The van der Waals surface area contributed by atoms with E-state index < -0.39 is 0 Å². The maximum atomic E-state index is 6.54. The van der Waals surface area contributed by atoms with Crippen molar-refractivity contribution in [1.82, 2.24) is 0 Å². The normalized spacial score (nSPS) is 12.9. The zero-order valence-electron chi connectivity index (χ0n) is 31.0. The van der Waals surface area contributed by atoms with Gasteiger partial charge in [-0.15, -0.1) is 0 Å². The summed E-state index contributed by atoms with van der Waals surface area (Å²) in [5, 5.41) is 4.72. The van der Waals surface area contributed by atoms with Crippen molar-refractivity contribution in [2.24, 2.45) is 0 Å². The van der Waals surface area contributed by atoms with E-state index in [4.69, 9.17) is 4.42 Å². The van der Waals surface area contributed by atoms with Crippen LogP contribution in [0.25, 0.3) is 66.1 Å². The molecule has 1 heterocycles. The lowest BCUT2D eigenvalue weighted by atomic mass is 9.71. The minimum Gasteiger partial charge on any atom is -0.456 e. The van der Waals surface area contributed by atoms with Gasteiger partial charge < -0.3 is 9.32 Å². The van der Waals surface area contributed by atoms with Gasteiger partial charge in [-0.1, -0.05) is 158 Å². The number of anilines is 3. The lowest BCUT2D eigenvalue weighted by molar-refractivity contribution is 0.662. The first-order chi connectivity index (χ1) is 27.6. The van der Waals surface area contributed by atoms with Crippen molar-refractivity contribution in [2.75, 3.05) is 4.90 Å². The van der Waals surface area contributed by atoms with E-state index in [2.05, 4.69) is 212 Å². The maximum Gasteiger partial charge on any atom is 0.135 e. The van der Waals surface area contributed by atoms with Crippen LogP contribution in [0.5, 0.6) is 0 Å². The molecule has 0 bridgehead atoms. The Morgan fingerprint density at radius 2 is 0.929 bits per heavy atom. The third-order valence-corrected chi connectivity index (χ3v) is 12.0. The molecule has 0 atom stereocenters. The molecular formula is C54H37NO. The summed E-state index contributed by atoms with van der Waals surface area (Å²) in [6.07, 6.45) is 0. The summed E-state index contributed by atoms with van der Waals surface area (Å²) in [5.41, 5.74) is 16.1. The molecule has 0 spiro atoms. The van der Waals surface area contributed by atoms with Gasteiger partial charge in [0.15, 0.2) is 0 Å². The highest BCUT2D eigenvalue weighted by Crippen LogP contribution is 2.55. The van der Waals surface area contributed by atoms with Gasteiger partial charge in [-0.2, -0.15) is 0 Å². The number of nitrogens with zero attached hydrogens (tertiary/aromatic N) is 1. The highest BCUT2D eigenvalue weighted by atomic mass is 16.3. The standard InChI is InChI=1S/C54H37NO/c1-54(48-22-10-7-19-43(48)44-20-8-11-23-49(44)54)50-35-53-47(45-21-9-12-25-52(45)56-53)34-46(50)39-28-26-36(27-29-39)37-30-32-41(33-31-37)55(40-16-3-2-4-17-40)51-24-13-15-38-14-5-6-18-42(38)51/h2-35H,1H3. The molecular weight excluding hydrogens is 679 g/mol. The monoisotopic (exact) mass is 715 g/mol. The number of benzene rings is 9. The Bertz CT molecular complexity index is 3030. The predicted molar refractivity (Wildman–Crippen MR) is 234 cm³/mol. The van der Waals surface area contributed by atoms with Gasteiger partial charge in [0.05, 0.1) is 5.69 Å². The maximum absolute atomic E-state index is 6.54. The molecule has 0 radical (unpaired) electrons. The van der Waals surface area contributed by atoms with Gasteiger partial charge in [-0.05, 0) is 111 Å². The number of fused-ring (bicyclic) bond motifs is 7. The van der Waals surface area contributed by atoms with Crippen LogP contribution in [0.15, 0.2) is 211 Å². The smallest absolute Gasteiger partial charge is 0.135 e. The fraction of sp³-hybridized carbons (Fsp3) is 0.0370. The zero-order valence-corrected chi connectivity index (χ0v) is 31.0. The molecule has 264 valence electrons. The van der Waals surface area contributed by atoms with Crippen molar-refractivity contribution >= 4 is 49.8 Å². The quantitative estimate of drug-likeness (QED) is 0.170. The van der Waals surface area contributed by atoms with Crippen molar-refractivity contribution in [3.05, 3.63) is 223 Å². The van der Waals surface area contributed by atoms with E-state index in [1.807, 2.05) is 6.07 Å². The third-order valence-electron chi connectivity index (χ3n) is 12.0. The SMILES string of the molecule is CC1(c2cc3oc4ccccc4c3cc2-c2ccc(-c3ccc(N(c4ccccc4)c4cccc5ccccc45)cc3)cc2)c2ccccc2-c2ccccc21. The first-order valence-corrected chi connectivity index (χ1v) is 19.3. The van der Waals surface area contributed by atoms with Gasteiger partial charge in [0, 0.05) is 32.9 Å². The molecule has 0 saturated heterocycles. The minimum absolute atomic E-state index is 0.376. The van der Waals surface area contributed by atoms with E-state index >= 15 is 0 Å². The molecule has 56 heavy (non-hydrogen) atoms. The van der Waals surface area contributed by atoms with Gasteiger partial charge in [-0.25, -0.2) is 0 Å². The second-order valence-electron chi connectivity index (χ2n) is 15.0. The zero-order chi connectivity index (χ0) is 37.2. The van der Waals surface area contributed by atoms with E-state index in [1.54, 1.807) is 0 Å². The summed E-state index contributed by atoms with van der Waals surface area (Å²) in [6.45, 7) is 2.39. The van der Waals surface area contributed by atoms with E-state index in [1.165, 1.54) is 60.8 Å². The summed E-state index contributed by atoms with van der Waals surface area (Å²) in [5.74, 6) is 0. The van der Waals surface area contributed by atoms with E-state index in [0.29, 0.717) is 0 Å². The largest absolute Gasteiger partial charge is 0.456 e. The average Bonchev–Trinajstić information content (AvgIpc) is 3.77. The van der Waals surface area contributed by atoms with Crippen LogP contribution in [-0.4, -0.2) is 0 Å². The van der Waals surface area contributed by atoms with Gasteiger partial charge in [0.1, 0.15) is 11.2 Å². The van der Waals surface area contributed by atoms with Crippen LogP contribution in [0.3, 0.4) is 0 Å². The number of hydrogen-bond acceptors (Lipinski definition) is 2. The first-order valence-electron chi connectivity index (χ1n) is 19.3. The third kappa shape index (κ3) is 4.96. The van der Waals surface area contributed by atoms with Gasteiger partial charge in [0.25, 0.3) is 0 Å². The highest BCUT2D eigenvalue weighted by Gasteiger charge is 2.42. The van der Waals surface area contributed by atoms with E-state index in [0.717, 1.165) is 39.0 Å². The average molecular weight is 716 g/mol. The van der Waals surface area contributed by atoms with Crippen molar-refractivity contribution < 1.29 is 4.42 Å². The lowest BCUT2D eigenvalue weighted by Crippen LogP contribution is -2.23. The first kappa shape index (κ1) is 32.3. The van der Waals surface area contributed by atoms with Crippen LogP contribution in [0.1, 0.15) is 23.6 Å². The molecule has 1 aliphatic carbocycles. The van der Waals surface area contributed by atoms with Gasteiger partial charge in [-0.3, -0.25) is 0 Å². The van der Waals surface area contributed by atoms with Crippen LogP contribution in [0.2, 0.25) is 0 Å². The predicted octanol–water partition coefficient (Wildman–Crippen LogP) is 14.9. The fourth-order valence-corrected chi connectivity index (χ4v) is 9.22. The van der Waals surface area contributed by atoms with Crippen LogP contribution < -0.4 is 4.90 Å². The van der Waals surface area contributed by atoms with Crippen molar-refractivity contribution in [3.8, 4) is 33.4 Å². The summed E-state index contributed by atoms with van der Waals surface area (Å²) >= 11 is 0. The second kappa shape index (κ2) is 12.7. The Labute approximate surface area is 326 Å². The minimum atomic E-state index is -0.376. The molecule has 0 fully saturated rings. The molecule has 1 aliphatic rings. The fourth-order valence-electron chi connectivity index (χ4n) is 9.22. The topological polar surface area (TPSA) is 16.4 Å². The number of para-hydroxylation sites is 2. The number of furan rings is 1. The van der Waals surface area contributed by atoms with Crippen molar-refractivity contribution in [1.29, 1.82) is 0 Å². The van der Waals surface area contributed by atoms with Crippen LogP contribution in [-0.2, 0) is 5.41 Å². The van der Waals surface area contributed by atoms with Gasteiger partial charge >= 0.3 is 0 Å². The molecule has 0 saturated carbocycles. The summed E-state index contributed by atoms with van der Waals surface area (Å²) in [7, 11) is 0. The Hall–Kier alpha value is -7.16. The van der Waals surface area contributed by atoms with Crippen LogP contribution in [0.4, 0.5) is 17.1 Å². The molecule has 0 N–H and O–H groups in total. The van der Waals surface area contributed by atoms with Crippen LogP contribution in [0, 0.1) is 0 Å². The Morgan fingerprint density at radius 1 is 0.375 bits per heavy atom. The molecule has 11 rings (SSSR count).